The summed E-state index contributed by atoms with van der Waals surface area (Å²) in [6.07, 6.45) is 6.56. The van der Waals surface area contributed by atoms with Crippen molar-refractivity contribution in [2.75, 3.05) is 18.5 Å². The predicted molar refractivity (Wildman–Crippen MR) is 155 cm³/mol. The second kappa shape index (κ2) is 11.6. The molecule has 1 aliphatic heterocycles. The van der Waals surface area contributed by atoms with E-state index >= 15 is 13.2 Å². The van der Waals surface area contributed by atoms with Crippen molar-refractivity contribution in [3.8, 4) is 11.3 Å². The highest BCUT2D eigenvalue weighted by molar-refractivity contribution is 5.73. The number of pyridine rings is 1. The molecule has 1 aromatic carbocycles. The Kier molecular flexibility index (Phi) is 7.82. The van der Waals surface area contributed by atoms with Gasteiger partial charge in [0.05, 0.1) is 34.9 Å². The number of ether oxygens (including phenoxy) is 1. The SMILES string of the molecule is CC(=O)NC1C(C)CC(c2ccncc2Nc2ncc3ccc(-c4c(F)cc(C5(F)CCOCC5)cc4F)nn23)CC1N. The number of nitrogens with one attached hydrogen (secondary N) is 2. The predicted octanol–water partition coefficient (Wildman–Crippen LogP) is 5.13. The van der Waals surface area contributed by atoms with Gasteiger partial charge in [0, 0.05) is 51.3 Å². The number of nitrogens with two attached hydrogens (primary N) is 1. The van der Waals surface area contributed by atoms with Crippen molar-refractivity contribution < 1.29 is 22.7 Å². The summed E-state index contributed by atoms with van der Waals surface area (Å²) in [4.78, 5) is 20.4. The van der Waals surface area contributed by atoms with Gasteiger partial charge in [-0.05, 0) is 66.1 Å². The maximum atomic E-state index is 15.4. The van der Waals surface area contributed by atoms with E-state index in [-0.39, 0.29) is 72.7 Å². The lowest BCUT2D eigenvalue weighted by molar-refractivity contribution is -0.120. The molecule has 0 radical (unpaired) electrons. The van der Waals surface area contributed by atoms with Gasteiger partial charge in [0.15, 0.2) is 0 Å². The highest BCUT2D eigenvalue weighted by atomic mass is 19.1. The summed E-state index contributed by atoms with van der Waals surface area (Å²) in [6, 6.07) is 6.89. The largest absolute Gasteiger partial charge is 0.381 e. The number of hydrogen-bond acceptors (Lipinski definition) is 7. The zero-order chi connectivity index (χ0) is 30.3. The smallest absolute Gasteiger partial charge is 0.229 e. The van der Waals surface area contributed by atoms with Crippen molar-refractivity contribution in [1.82, 2.24) is 24.9 Å². The van der Waals surface area contributed by atoms with Crippen molar-refractivity contribution in [3.05, 3.63) is 71.7 Å². The minimum absolute atomic E-state index is 0.0372. The third kappa shape index (κ3) is 5.68. The van der Waals surface area contributed by atoms with Crippen LogP contribution in [0.5, 0.6) is 0 Å². The molecule has 4 unspecified atom stereocenters. The first kappa shape index (κ1) is 29.1. The molecule has 1 aliphatic carbocycles. The molecule has 2 fully saturated rings. The van der Waals surface area contributed by atoms with Gasteiger partial charge in [-0.25, -0.2) is 18.2 Å². The summed E-state index contributed by atoms with van der Waals surface area (Å²) in [6.45, 7) is 3.96. The number of carbonyl (C=O) groups excluding carboxylic acids is 1. The van der Waals surface area contributed by atoms with Gasteiger partial charge in [0.25, 0.3) is 0 Å². The molecule has 4 N–H and O–H groups in total. The molecule has 1 amide bonds. The third-order valence-corrected chi connectivity index (χ3v) is 8.68. The molecule has 4 atom stereocenters. The molecule has 6 rings (SSSR count). The van der Waals surface area contributed by atoms with Crippen molar-refractivity contribution in [3.63, 3.8) is 0 Å². The fourth-order valence-corrected chi connectivity index (χ4v) is 6.47. The van der Waals surface area contributed by atoms with Crippen LogP contribution < -0.4 is 16.4 Å². The number of benzene rings is 1. The molecule has 1 saturated heterocycles. The number of rotatable bonds is 6. The summed E-state index contributed by atoms with van der Waals surface area (Å²) in [5, 5.41) is 10.8. The molecule has 0 bridgehead atoms. The summed E-state index contributed by atoms with van der Waals surface area (Å²) >= 11 is 0. The van der Waals surface area contributed by atoms with Crippen molar-refractivity contribution in [1.29, 1.82) is 0 Å². The zero-order valence-corrected chi connectivity index (χ0v) is 24.0. The first-order valence-corrected chi connectivity index (χ1v) is 14.5. The fourth-order valence-electron chi connectivity index (χ4n) is 6.47. The number of carbonyl (C=O) groups is 1. The van der Waals surface area contributed by atoms with E-state index < -0.39 is 17.3 Å². The van der Waals surface area contributed by atoms with E-state index in [0.29, 0.717) is 23.6 Å². The molecule has 1 saturated carbocycles. The Morgan fingerprint density at radius 2 is 1.86 bits per heavy atom. The van der Waals surface area contributed by atoms with Crippen LogP contribution in [-0.4, -0.2) is 50.8 Å². The minimum Gasteiger partial charge on any atom is -0.381 e. The van der Waals surface area contributed by atoms with Crippen LogP contribution in [-0.2, 0) is 15.2 Å². The number of anilines is 2. The second-order valence-electron chi connectivity index (χ2n) is 11.7. The molecular formula is C31H34F3N7O2. The Morgan fingerprint density at radius 3 is 2.56 bits per heavy atom. The number of amides is 1. The van der Waals surface area contributed by atoms with E-state index in [0.717, 1.165) is 24.1 Å². The van der Waals surface area contributed by atoms with E-state index in [9.17, 15) is 4.79 Å². The average Bonchev–Trinajstić information content (AvgIpc) is 3.37. The van der Waals surface area contributed by atoms with E-state index in [1.54, 1.807) is 24.7 Å². The van der Waals surface area contributed by atoms with Crippen molar-refractivity contribution in [2.45, 2.75) is 63.2 Å². The summed E-state index contributed by atoms with van der Waals surface area (Å²) in [7, 11) is 0. The van der Waals surface area contributed by atoms with Crippen LogP contribution in [0.25, 0.3) is 16.8 Å². The Balaban J connectivity index is 1.29. The molecule has 0 spiro atoms. The van der Waals surface area contributed by atoms with Crippen LogP contribution in [0.3, 0.4) is 0 Å². The van der Waals surface area contributed by atoms with Crippen LogP contribution in [0, 0.1) is 17.6 Å². The van der Waals surface area contributed by atoms with Crippen LogP contribution >= 0.6 is 0 Å². The summed E-state index contributed by atoms with van der Waals surface area (Å²) < 4.78 is 52.8. The number of nitrogens with zero attached hydrogens (tertiary/aromatic N) is 4. The van der Waals surface area contributed by atoms with Crippen molar-refractivity contribution >= 4 is 23.1 Å². The third-order valence-electron chi connectivity index (χ3n) is 8.68. The van der Waals surface area contributed by atoms with Gasteiger partial charge < -0.3 is 21.1 Å². The number of aromatic nitrogens is 4. The van der Waals surface area contributed by atoms with Gasteiger partial charge in [-0.3, -0.25) is 9.78 Å². The Bertz CT molecular complexity index is 1620. The Labute approximate surface area is 247 Å². The maximum Gasteiger partial charge on any atom is 0.229 e. The molecule has 4 heterocycles. The molecule has 43 heavy (non-hydrogen) atoms. The first-order valence-electron chi connectivity index (χ1n) is 14.5. The van der Waals surface area contributed by atoms with Crippen LogP contribution in [0.15, 0.2) is 48.9 Å². The second-order valence-corrected chi connectivity index (χ2v) is 11.7. The number of fused-ring (bicyclic) bond motifs is 1. The standard InChI is InChI=1S/C31H34F3N7O2/c1-17-11-19(12-25(35)29(17)38-18(2)42)22-5-8-36-16-27(22)39-30-37-15-21-3-4-26(40-41(21)30)28-23(32)13-20(14-24(28)33)31(34)6-9-43-10-7-31/h3-5,8,13-17,19,25,29H,6-7,9-12,35H2,1-2H3,(H,37,39)(H,38,42). The number of halogens is 3. The minimum atomic E-state index is -1.84. The lowest BCUT2D eigenvalue weighted by Gasteiger charge is -2.39. The molecule has 9 nitrogen and oxygen atoms in total. The maximum absolute atomic E-state index is 15.4. The van der Waals surface area contributed by atoms with Gasteiger partial charge in [-0.1, -0.05) is 6.92 Å². The molecular weight excluding hydrogens is 559 g/mol. The number of imidazole rings is 1. The first-order chi connectivity index (χ1) is 20.6. The molecule has 3 aromatic heterocycles. The normalized spacial score (nSPS) is 23.7. The van der Waals surface area contributed by atoms with Crippen LogP contribution in [0.4, 0.5) is 24.8 Å². The highest BCUT2D eigenvalue weighted by Crippen LogP contribution is 2.40. The lowest BCUT2D eigenvalue weighted by Crippen LogP contribution is -2.54. The lowest BCUT2D eigenvalue weighted by atomic mass is 9.73. The van der Waals surface area contributed by atoms with E-state index in [1.807, 2.05) is 6.07 Å². The van der Waals surface area contributed by atoms with E-state index in [4.69, 9.17) is 10.5 Å². The summed E-state index contributed by atoms with van der Waals surface area (Å²) in [5.74, 6) is -1.30. The topological polar surface area (TPSA) is 119 Å². The van der Waals surface area contributed by atoms with Gasteiger partial charge in [0.2, 0.25) is 11.9 Å². The number of hydrogen-bond donors (Lipinski definition) is 3. The van der Waals surface area contributed by atoms with E-state index in [2.05, 4.69) is 32.6 Å². The van der Waals surface area contributed by atoms with Crippen molar-refractivity contribution in [2.24, 2.45) is 11.7 Å². The quantitative estimate of drug-likeness (QED) is 0.284. The highest BCUT2D eigenvalue weighted by Gasteiger charge is 2.37. The van der Waals surface area contributed by atoms with E-state index in [1.165, 1.54) is 17.5 Å². The summed E-state index contributed by atoms with van der Waals surface area (Å²) in [5.41, 5.74) is 6.61. The van der Waals surface area contributed by atoms with Gasteiger partial charge in [-0.15, -0.1) is 0 Å². The van der Waals surface area contributed by atoms with Crippen LogP contribution in [0.1, 0.15) is 56.6 Å². The average molecular weight is 594 g/mol. The van der Waals surface area contributed by atoms with Crippen LogP contribution in [0.2, 0.25) is 0 Å². The Morgan fingerprint density at radius 1 is 1.12 bits per heavy atom. The fraction of sp³-hybridized carbons (Fsp3) is 0.419. The number of alkyl halides is 1. The molecule has 226 valence electrons. The molecule has 4 aromatic rings. The molecule has 12 heteroatoms. The monoisotopic (exact) mass is 593 g/mol. The van der Waals surface area contributed by atoms with Gasteiger partial charge in [0.1, 0.15) is 17.3 Å². The molecule has 2 aliphatic rings. The van der Waals surface area contributed by atoms with Gasteiger partial charge >= 0.3 is 0 Å². The Hall–Kier alpha value is -4.03. The zero-order valence-electron chi connectivity index (χ0n) is 24.0. The van der Waals surface area contributed by atoms with Gasteiger partial charge in [-0.2, -0.15) is 9.61 Å².